The Bertz CT molecular complexity index is 530. The fourth-order valence-electron chi connectivity index (χ4n) is 2.23. The van der Waals surface area contributed by atoms with Gasteiger partial charge in [0.2, 0.25) is 0 Å². The summed E-state index contributed by atoms with van der Waals surface area (Å²) >= 11 is 5.87. The number of nitrogens with zero attached hydrogens (tertiary/aromatic N) is 1. The molecule has 3 nitrogen and oxygen atoms in total. The largest absolute Gasteiger partial charge is 0.396 e. The Kier molecular flexibility index (Phi) is 6.05. The van der Waals surface area contributed by atoms with Gasteiger partial charge in [-0.05, 0) is 36.2 Å². The first-order valence-electron chi connectivity index (χ1n) is 7.05. The molecule has 0 radical (unpaired) electrons. The lowest BCUT2D eigenvalue weighted by atomic mass is 10.1. The minimum atomic E-state index is -0.596. The van der Waals surface area contributed by atoms with Gasteiger partial charge in [-0.2, -0.15) is 0 Å². The lowest BCUT2D eigenvalue weighted by Crippen LogP contribution is -2.30. The highest BCUT2D eigenvalue weighted by Crippen LogP contribution is 2.21. The van der Waals surface area contributed by atoms with Crippen molar-refractivity contribution in [2.24, 2.45) is 0 Å². The smallest absolute Gasteiger partial charge is 0.0964 e. The highest BCUT2D eigenvalue weighted by atomic mass is 35.5. The van der Waals surface area contributed by atoms with Crippen LogP contribution in [0.15, 0.2) is 54.6 Å². The predicted molar refractivity (Wildman–Crippen MR) is 86.8 cm³/mol. The molecule has 4 heteroatoms. The van der Waals surface area contributed by atoms with Gasteiger partial charge in [0.25, 0.3) is 0 Å². The number of hydrogen-bond acceptors (Lipinski definition) is 3. The zero-order valence-electron chi connectivity index (χ0n) is 11.8. The molecule has 0 aromatic heterocycles. The van der Waals surface area contributed by atoms with E-state index >= 15 is 0 Å². The number of halogens is 1. The van der Waals surface area contributed by atoms with Crippen molar-refractivity contribution in [1.82, 2.24) is 0 Å². The Morgan fingerprint density at radius 3 is 2.29 bits per heavy atom. The highest BCUT2D eigenvalue weighted by molar-refractivity contribution is 6.30. The summed E-state index contributed by atoms with van der Waals surface area (Å²) in [5.74, 6) is 0. The molecule has 2 N–H and O–H groups in total. The van der Waals surface area contributed by atoms with E-state index in [1.807, 2.05) is 42.5 Å². The van der Waals surface area contributed by atoms with Crippen LogP contribution in [0.25, 0.3) is 0 Å². The third-order valence-corrected chi connectivity index (χ3v) is 3.61. The summed E-state index contributed by atoms with van der Waals surface area (Å²) in [6.45, 7) is 1.32. The van der Waals surface area contributed by atoms with Gasteiger partial charge in [0.1, 0.15) is 0 Å². The molecule has 2 aromatic rings. The average molecular weight is 306 g/mol. The van der Waals surface area contributed by atoms with Gasteiger partial charge in [0, 0.05) is 30.4 Å². The lowest BCUT2D eigenvalue weighted by molar-refractivity contribution is 0.182. The molecule has 0 heterocycles. The Morgan fingerprint density at radius 2 is 1.67 bits per heavy atom. The van der Waals surface area contributed by atoms with Crippen LogP contribution in [0.1, 0.15) is 18.1 Å². The van der Waals surface area contributed by atoms with Crippen LogP contribution < -0.4 is 4.90 Å². The van der Waals surface area contributed by atoms with Gasteiger partial charge >= 0.3 is 0 Å². The molecule has 0 aliphatic carbocycles. The van der Waals surface area contributed by atoms with E-state index in [0.717, 1.165) is 11.3 Å². The molecule has 0 saturated heterocycles. The van der Waals surface area contributed by atoms with Gasteiger partial charge in [-0.25, -0.2) is 0 Å². The Morgan fingerprint density at radius 1 is 1.00 bits per heavy atom. The summed E-state index contributed by atoms with van der Waals surface area (Å²) in [4.78, 5) is 2.08. The van der Waals surface area contributed by atoms with Gasteiger partial charge in [-0.1, -0.05) is 41.9 Å². The summed E-state index contributed by atoms with van der Waals surface area (Å²) in [6, 6.07) is 17.1. The molecule has 2 aromatic carbocycles. The van der Waals surface area contributed by atoms with Crippen LogP contribution in [-0.4, -0.2) is 29.9 Å². The fraction of sp³-hybridized carbons (Fsp3) is 0.294. The highest BCUT2D eigenvalue weighted by Gasteiger charge is 2.14. The number of hydrogen-bond donors (Lipinski definition) is 2. The summed E-state index contributed by atoms with van der Waals surface area (Å²) in [5, 5.41) is 20.1. The maximum atomic E-state index is 10.4. The second kappa shape index (κ2) is 8.03. The van der Waals surface area contributed by atoms with Crippen LogP contribution >= 0.6 is 11.6 Å². The number of rotatable bonds is 7. The molecule has 0 fully saturated rings. The zero-order chi connectivity index (χ0) is 15.1. The molecule has 0 amide bonds. The first-order valence-corrected chi connectivity index (χ1v) is 7.43. The molecule has 21 heavy (non-hydrogen) atoms. The predicted octanol–water partition coefficient (Wildman–Crippen LogP) is 3.26. The van der Waals surface area contributed by atoms with Crippen molar-refractivity contribution in [1.29, 1.82) is 0 Å². The fourth-order valence-corrected chi connectivity index (χ4v) is 2.35. The Labute approximate surface area is 130 Å². The first kappa shape index (κ1) is 15.8. The van der Waals surface area contributed by atoms with Crippen LogP contribution in [-0.2, 0) is 0 Å². The van der Waals surface area contributed by atoms with E-state index in [1.165, 1.54) is 0 Å². The Hall–Kier alpha value is -1.55. The summed E-state index contributed by atoms with van der Waals surface area (Å²) in [6.07, 6.45) is 0.0727. The van der Waals surface area contributed by atoms with Gasteiger partial charge in [0.15, 0.2) is 0 Å². The summed E-state index contributed by atoms with van der Waals surface area (Å²) in [7, 11) is 0. The van der Waals surface area contributed by atoms with E-state index in [2.05, 4.69) is 4.90 Å². The number of para-hydroxylation sites is 1. The molecule has 0 saturated carbocycles. The molecular formula is C17H20ClNO2. The van der Waals surface area contributed by atoms with Gasteiger partial charge in [-0.15, -0.1) is 0 Å². The maximum absolute atomic E-state index is 10.4. The van der Waals surface area contributed by atoms with Crippen LogP contribution in [0, 0.1) is 0 Å². The van der Waals surface area contributed by atoms with E-state index in [0.29, 0.717) is 24.5 Å². The second-order valence-corrected chi connectivity index (χ2v) is 5.36. The number of anilines is 1. The van der Waals surface area contributed by atoms with E-state index in [1.54, 1.807) is 12.1 Å². The molecule has 1 unspecified atom stereocenters. The minimum absolute atomic E-state index is 0.139. The van der Waals surface area contributed by atoms with Crippen molar-refractivity contribution in [3.63, 3.8) is 0 Å². The maximum Gasteiger partial charge on any atom is 0.0964 e. The Balaban J connectivity index is 2.09. The third-order valence-electron chi connectivity index (χ3n) is 3.36. The van der Waals surface area contributed by atoms with Gasteiger partial charge in [-0.3, -0.25) is 0 Å². The van der Waals surface area contributed by atoms with Crippen LogP contribution in [0.5, 0.6) is 0 Å². The van der Waals surface area contributed by atoms with E-state index in [-0.39, 0.29) is 6.61 Å². The third kappa shape index (κ3) is 4.74. The molecule has 2 rings (SSSR count). The topological polar surface area (TPSA) is 43.7 Å². The molecular weight excluding hydrogens is 286 g/mol. The van der Waals surface area contributed by atoms with Crippen LogP contribution in [0.4, 0.5) is 5.69 Å². The first-order chi connectivity index (χ1) is 10.2. The van der Waals surface area contributed by atoms with E-state index < -0.39 is 6.10 Å². The molecule has 0 aliphatic rings. The summed E-state index contributed by atoms with van der Waals surface area (Å²) in [5.41, 5.74) is 1.88. The van der Waals surface area contributed by atoms with Crippen molar-refractivity contribution in [3.05, 3.63) is 65.2 Å². The number of benzene rings is 2. The molecule has 0 spiro atoms. The van der Waals surface area contributed by atoms with E-state index in [4.69, 9.17) is 16.7 Å². The molecule has 112 valence electrons. The lowest BCUT2D eigenvalue weighted by Gasteiger charge is -2.27. The van der Waals surface area contributed by atoms with Gasteiger partial charge in [0.05, 0.1) is 6.10 Å². The minimum Gasteiger partial charge on any atom is -0.396 e. The zero-order valence-corrected chi connectivity index (χ0v) is 12.6. The van der Waals surface area contributed by atoms with Crippen molar-refractivity contribution in [2.75, 3.05) is 24.6 Å². The van der Waals surface area contributed by atoms with E-state index in [9.17, 15) is 5.11 Å². The average Bonchev–Trinajstić information content (AvgIpc) is 2.52. The normalized spacial score (nSPS) is 12.1. The summed E-state index contributed by atoms with van der Waals surface area (Å²) < 4.78 is 0. The number of aliphatic hydroxyl groups is 2. The standard InChI is InChI=1S/C17H20ClNO2/c18-15-9-7-14(8-10-15)17(21)13-19(11-4-12-20)16-5-2-1-3-6-16/h1-3,5-10,17,20-21H,4,11-13H2. The van der Waals surface area contributed by atoms with Crippen molar-refractivity contribution < 1.29 is 10.2 Å². The molecule has 1 atom stereocenters. The van der Waals surface area contributed by atoms with Crippen LogP contribution in [0.2, 0.25) is 5.02 Å². The van der Waals surface area contributed by atoms with Crippen molar-refractivity contribution >= 4 is 17.3 Å². The SMILES string of the molecule is OCCCN(CC(O)c1ccc(Cl)cc1)c1ccccc1. The van der Waals surface area contributed by atoms with Gasteiger partial charge < -0.3 is 15.1 Å². The van der Waals surface area contributed by atoms with Crippen molar-refractivity contribution in [3.8, 4) is 0 Å². The second-order valence-electron chi connectivity index (χ2n) is 4.93. The number of aliphatic hydroxyl groups excluding tert-OH is 2. The quantitative estimate of drug-likeness (QED) is 0.825. The van der Waals surface area contributed by atoms with Crippen LogP contribution in [0.3, 0.4) is 0 Å². The monoisotopic (exact) mass is 305 g/mol. The molecule has 0 aliphatic heterocycles. The van der Waals surface area contributed by atoms with Crippen molar-refractivity contribution in [2.45, 2.75) is 12.5 Å². The molecule has 0 bridgehead atoms.